The molecule has 0 aliphatic carbocycles. The predicted octanol–water partition coefficient (Wildman–Crippen LogP) is -0.426. The van der Waals surface area contributed by atoms with E-state index in [-0.39, 0.29) is 23.8 Å². The highest BCUT2D eigenvalue weighted by Gasteiger charge is 2.13. The molecule has 1 aromatic carbocycles. The lowest BCUT2D eigenvalue weighted by Gasteiger charge is -2.06. The Bertz CT molecular complexity index is 417. The summed E-state index contributed by atoms with van der Waals surface area (Å²) in [7, 11) is 1.44. The van der Waals surface area contributed by atoms with Crippen molar-refractivity contribution in [3.05, 3.63) is 23.8 Å². The Morgan fingerprint density at radius 1 is 1.31 bits per heavy atom. The van der Waals surface area contributed by atoms with Crippen LogP contribution in [0.5, 0.6) is 11.5 Å². The third kappa shape index (κ3) is 2.63. The maximum Gasteiger partial charge on any atom is 0.255 e. The monoisotopic (exact) mass is 224 g/mol. The van der Waals surface area contributed by atoms with Crippen molar-refractivity contribution in [2.45, 2.75) is 0 Å². The summed E-state index contributed by atoms with van der Waals surface area (Å²) in [5, 5.41) is 23.2. The zero-order chi connectivity index (χ0) is 12.1. The van der Waals surface area contributed by atoms with Gasteiger partial charge in [0.2, 0.25) is 5.91 Å². The third-order valence-corrected chi connectivity index (χ3v) is 1.95. The molecule has 0 atom stereocenters. The van der Waals surface area contributed by atoms with Gasteiger partial charge in [0.1, 0.15) is 0 Å². The minimum atomic E-state index is -0.628. The highest BCUT2D eigenvalue weighted by Crippen LogP contribution is 2.27. The fourth-order valence-corrected chi connectivity index (χ4v) is 1.06. The molecule has 0 fully saturated rings. The number of carbonyl (C=O) groups is 2. The molecule has 0 saturated carbocycles. The number of nitrogens with one attached hydrogen (secondary N) is 2. The Balaban J connectivity index is 2.74. The van der Waals surface area contributed by atoms with Gasteiger partial charge in [-0.15, -0.1) is 0 Å². The van der Waals surface area contributed by atoms with Gasteiger partial charge in [0, 0.05) is 7.05 Å². The maximum atomic E-state index is 11.5. The van der Waals surface area contributed by atoms with E-state index < -0.39 is 11.7 Å². The van der Waals surface area contributed by atoms with Crippen LogP contribution in [0.3, 0.4) is 0 Å². The number of amides is 2. The van der Waals surface area contributed by atoms with Crippen LogP contribution in [-0.2, 0) is 4.79 Å². The normalized spacial score (nSPS) is 9.56. The Morgan fingerprint density at radius 3 is 2.62 bits per heavy atom. The lowest BCUT2D eigenvalue weighted by molar-refractivity contribution is -0.119. The zero-order valence-corrected chi connectivity index (χ0v) is 8.65. The van der Waals surface area contributed by atoms with Gasteiger partial charge >= 0.3 is 0 Å². The molecule has 0 bridgehead atoms. The van der Waals surface area contributed by atoms with E-state index in [0.717, 1.165) is 0 Å². The molecular formula is C10H12N2O4. The topological polar surface area (TPSA) is 98.7 Å². The number of hydrogen-bond acceptors (Lipinski definition) is 4. The summed E-state index contributed by atoms with van der Waals surface area (Å²) in [6.45, 7) is -0.190. The van der Waals surface area contributed by atoms with Crippen molar-refractivity contribution in [1.29, 1.82) is 0 Å². The average molecular weight is 224 g/mol. The molecule has 0 spiro atoms. The first kappa shape index (κ1) is 11.8. The van der Waals surface area contributed by atoms with Gasteiger partial charge in [-0.1, -0.05) is 6.07 Å². The van der Waals surface area contributed by atoms with E-state index in [1.54, 1.807) is 0 Å². The second kappa shape index (κ2) is 5.01. The molecule has 0 unspecified atom stereocenters. The van der Waals surface area contributed by atoms with Crippen LogP contribution in [0, 0.1) is 0 Å². The van der Waals surface area contributed by atoms with Crippen molar-refractivity contribution in [2.75, 3.05) is 13.6 Å². The fraction of sp³-hybridized carbons (Fsp3) is 0.200. The zero-order valence-electron chi connectivity index (χ0n) is 8.65. The van der Waals surface area contributed by atoms with E-state index in [9.17, 15) is 14.7 Å². The minimum Gasteiger partial charge on any atom is -0.504 e. The summed E-state index contributed by atoms with van der Waals surface area (Å²) in [5.74, 6) is -1.87. The number of aromatic hydroxyl groups is 2. The van der Waals surface area contributed by atoms with Crippen molar-refractivity contribution in [1.82, 2.24) is 10.6 Å². The van der Waals surface area contributed by atoms with Crippen LogP contribution in [0.2, 0.25) is 0 Å². The highest BCUT2D eigenvalue weighted by molar-refractivity contribution is 5.99. The van der Waals surface area contributed by atoms with Gasteiger partial charge in [-0.25, -0.2) is 0 Å². The molecule has 0 saturated heterocycles. The first-order valence-corrected chi connectivity index (χ1v) is 4.56. The van der Waals surface area contributed by atoms with Crippen LogP contribution in [-0.4, -0.2) is 35.6 Å². The van der Waals surface area contributed by atoms with Crippen LogP contribution in [0.1, 0.15) is 10.4 Å². The SMILES string of the molecule is CNC(=O)CNC(=O)c1cccc(O)c1O. The third-order valence-electron chi connectivity index (χ3n) is 1.95. The molecule has 1 aromatic rings. The van der Waals surface area contributed by atoms with E-state index in [4.69, 9.17) is 5.11 Å². The van der Waals surface area contributed by atoms with Gasteiger partial charge in [-0.3, -0.25) is 9.59 Å². The Hall–Kier alpha value is -2.24. The largest absolute Gasteiger partial charge is 0.504 e. The first-order valence-electron chi connectivity index (χ1n) is 4.56. The molecule has 0 aromatic heterocycles. The lowest BCUT2D eigenvalue weighted by atomic mass is 10.1. The van der Waals surface area contributed by atoms with Gasteiger partial charge in [-0.2, -0.15) is 0 Å². The van der Waals surface area contributed by atoms with Crippen LogP contribution in [0.15, 0.2) is 18.2 Å². The van der Waals surface area contributed by atoms with Gasteiger partial charge in [0.15, 0.2) is 11.5 Å². The van der Waals surface area contributed by atoms with Crippen molar-refractivity contribution in [2.24, 2.45) is 0 Å². The molecule has 6 nitrogen and oxygen atoms in total. The minimum absolute atomic E-state index is 0.0797. The number of carbonyl (C=O) groups excluding carboxylic acids is 2. The van der Waals surface area contributed by atoms with Crippen LogP contribution >= 0.6 is 0 Å². The molecule has 6 heteroatoms. The van der Waals surface area contributed by atoms with Crippen LogP contribution in [0.25, 0.3) is 0 Å². The number of likely N-dealkylation sites (N-methyl/N-ethyl adjacent to an activating group) is 1. The van der Waals surface area contributed by atoms with E-state index in [0.29, 0.717) is 0 Å². The van der Waals surface area contributed by atoms with Gasteiger partial charge < -0.3 is 20.8 Å². The Labute approximate surface area is 91.9 Å². The maximum absolute atomic E-state index is 11.5. The summed E-state index contributed by atoms with van der Waals surface area (Å²) < 4.78 is 0. The number of rotatable bonds is 3. The van der Waals surface area contributed by atoms with Gasteiger partial charge in [0.25, 0.3) is 5.91 Å². The van der Waals surface area contributed by atoms with E-state index >= 15 is 0 Å². The summed E-state index contributed by atoms with van der Waals surface area (Å²) in [6.07, 6.45) is 0. The van der Waals surface area contributed by atoms with E-state index in [1.165, 1.54) is 25.2 Å². The predicted molar refractivity (Wildman–Crippen MR) is 56.2 cm³/mol. The molecule has 1 rings (SSSR count). The molecule has 0 radical (unpaired) electrons. The molecule has 2 amide bonds. The van der Waals surface area contributed by atoms with Gasteiger partial charge in [0.05, 0.1) is 12.1 Å². The summed E-state index contributed by atoms with van der Waals surface area (Å²) >= 11 is 0. The molecule has 0 heterocycles. The van der Waals surface area contributed by atoms with Crippen molar-refractivity contribution in [3.8, 4) is 11.5 Å². The molecule has 86 valence electrons. The summed E-state index contributed by atoms with van der Waals surface area (Å²) in [6, 6.07) is 4.02. The second-order valence-corrected chi connectivity index (χ2v) is 3.03. The molecule has 16 heavy (non-hydrogen) atoms. The first-order chi connectivity index (χ1) is 7.56. The highest BCUT2D eigenvalue weighted by atomic mass is 16.3. The second-order valence-electron chi connectivity index (χ2n) is 3.03. The van der Waals surface area contributed by atoms with Crippen LogP contribution < -0.4 is 10.6 Å². The number of phenols is 2. The number of para-hydroxylation sites is 1. The number of benzene rings is 1. The van der Waals surface area contributed by atoms with Crippen molar-refractivity contribution in [3.63, 3.8) is 0 Å². The van der Waals surface area contributed by atoms with E-state index in [1.807, 2.05) is 0 Å². The lowest BCUT2D eigenvalue weighted by Crippen LogP contribution is -2.35. The fourth-order valence-electron chi connectivity index (χ4n) is 1.06. The summed E-state index contributed by atoms with van der Waals surface area (Å²) in [4.78, 5) is 22.3. The van der Waals surface area contributed by atoms with Crippen LogP contribution in [0.4, 0.5) is 0 Å². The smallest absolute Gasteiger partial charge is 0.255 e. The number of phenolic OH excluding ortho intramolecular Hbond substituents is 2. The van der Waals surface area contributed by atoms with Crippen molar-refractivity contribution < 1.29 is 19.8 Å². The molecule has 0 aliphatic rings. The standard InChI is InChI=1S/C10H12N2O4/c1-11-8(14)5-12-10(16)6-3-2-4-7(13)9(6)15/h2-4,13,15H,5H2,1H3,(H,11,14)(H,12,16). The average Bonchev–Trinajstić information content (AvgIpc) is 2.29. The van der Waals surface area contributed by atoms with E-state index in [2.05, 4.69) is 10.6 Å². The van der Waals surface area contributed by atoms with Gasteiger partial charge in [-0.05, 0) is 12.1 Å². The Kier molecular flexibility index (Phi) is 3.71. The molecule has 4 N–H and O–H groups in total. The summed E-state index contributed by atoms with van der Waals surface area (Å²) in [5.41, 5.74) is -0.0797. The quantitative estimate of drug-likeness (QED) is 0.524. The molecular weight excluding hydrogens is 212 g/mol. The Morgan fingerprint density at radius 2 is 2.00 bits per heavy atom. The van der Waals surface area contributed by atoms with Crippen molar-refractivity contribution >= 4 is 11.8 Å². The molecule has 0 aliphatic heterocycles. The number of hydrogen-bond donors (Lipinski definition) is 4.